The van der Waals surface area contributed by atoms with E-state index in [1.54, 1.807) is 19.9 Å². The number of aliphatic hydroxyl groups excluding tert-OH is 1. The number of hydrogen-bond donors (Lipinski definition) is 14. The fourth-order valence-electron chi connectivity index (χ4n) is 23.3. The van der Waals surface area contributed by atoms with Crippen LogP contribution >= 0.6 is 0 Å². The largest absolute Gasteiger partial charge is 0.508 e. The highest BCUT2D eigenvalue weighted by molar-refractivity contribution is 6.01. The molecule has 0 saturated heterocycles. The van der Waals surface area contributed by atoms with Crippen molar-refractivity contribution in [2.24, 2.45) is 52.3 Å². The summed E-state index contributed by atoms with van der Waals surface area (Å²) in [4.78, 5) is 139. The number of aryl methyl sites for hydroxylation is 2. The van der Waals surface area contributed by atoms with E-state index in [1.807, 2.05) is 56.2 Å². The van der Waals surface area contributed by atoms with Crippen LogP contribution in [0.25, 0.3) is 0 Å². The van der Waals surface area contributed by atoms with Crippen molar-refractivity contribution in [3.8, 4) is 5.75 Å². The minimum Gasteiger partial charge on any atom is -0.508 e. The SMILES string of the molecule is CNCCOCCOCCOCCN1NNC2=C1CC[C@@H]1[C@H](CC2)[C@@H]1COC(=O)NCCOCCOCCOCCOCCC(=O)N[C@H](CCCCNC(=O)COC1CCCCCC2=C1NNN2CCOCCOCCOCCOCCC(=O)NCC[N+](C)(C)C)C(=O)N[C@H](C(=O)C[C@@H](C)C(=O)N[C@@H](CO)C(=O)Cc1ccc2c(c1)[C@@]1(C)CCC[C@](C)(C(=O)NC(=O)[C@@]3(C)CCC[C@]4(C)c5cc(O)ccc5CC[C@@H]34)[C@@H]1CC2)C(C)C. The Morgan fingerprint density at radius 3 is 1.61 bits per heavy atom. The number of likely N-dealkylation sites (N-methyl/N-ethyl adjacent to an activating group) is 2. The zero-order chi connectivity index (χ0) is 107. The van der Waals surface area contributed by atoms with E-state index >= 15 is 0 Å². The summed E-state index contributed by atoms with van der Waals surface area (Å²) in [5.41, 5.74) is 20.3. The van der Waals surface area contributed by atoms with Crippen LogP contribution in [-0.4, -0.2) is 347 Å². The zero-order valence-corrected chi connectivity index (χ0v) is 91.5. The van der Waals surface area contributed by atoms with Crippen LogP contribution in [-0.2, 0) is 135 Å². The molecule has 2 heterocycles. The molecule has 3 fully saturated rings. The normalized spacial score (nSPS) is 23.6. The number of hydrazine groups is 4. The maximum Gasteiger partial charge on any atom is 0.407 e. The van der Waals surface area contributed by atoms with Crippen molar-refractivity contribution < 1.29 is 124 Å². The molecule has 0 spiro atoms. The zero-order valence-electron chi connectivity index (χ0n) is 91.5. The van der Waals surface area contributed by atoms with Crippen LogP contribution in [0.4, 0.5) is 4.79 Å². The van der Waals surface area contributed by atoms with Gasteiger partial charge in [-0.05, 0) is 209 Å². The molecule has 844 valence electrons. The molecule has 40 nitrogen and oxygen atoms in total. The highest BCUT2D eigenvalue weighted by Crippen LogP contribution is 2.61. The third-order valence-electron chi connectivity index (χ3n) is 31.9. The maximum absolute atomic E-state index is 15.0. The lowest BCUT2D eigenvalue weighted by molar-refractivity contribution is -0.869. The van der Waals surface area contributed by atoms with E-state index in [2.05, 4.69) is 104 Å². The summed E-state index contributed by atoms with van der Waals surface area (Å²) in [5.74, 6) is -3.61. The van der Waals surface area contributed by atoms with Gasteiger partial charge in [-0.3, -0.25) is 58.5 Å². The first-order chi connectivity index (χ1) is 72.3. The number of phenols is 1. The molecule has 40 heteroatoms. The first kappa shape index (κ1) is 122. The summed E-state index contributed by atoms with van der Waals surface area (Å²) < 4.78 is 75.3. The van der Waals surface area contributed by atoms with Crippen molar-refractivity contribution in [3.63, 3.8) is 0 Å². The molecule has 9 aliphatic rings. The van der Waals surface area contributed by atoms with Gasteiger partial charge < -0.3 is 124 Å². The molecule has 1 unspecified atom stereocenters. The quantitative estimate of drug-likeness (QED) is 0.0192. The number of rotatable bonds is 70. The van der Waals surface area contributed by atoms with Crippen LogP contribution in [0.15, 0.2) is 59.2 Å². The van der Waals surface area contributed by atoms with Gasteiger partial charge in [0.2, 0.25) is 41.4 Å². The van der Waals surface area contributed by atoms with Crippen LogP contribution in [0.3, 0.4) is 0 Å². The molecular formula is C110H180N15O25+. The third kappa shape index (κ3) is 37.0. The van der Waals surface area contributed by atoms with Crippen molar-refractivity contribution in [1.29, 1.82) is 0 Å². The van der Waals surface area contributed by atoms with Gasteiger partial charge in [-0.25, -0.2) is 4.79 Å². The molecule has 2 aliphatic heterocycles. The Balaban J connectivity index is 0.588. The highest BCUT2D eigenvalue weighted by atomic mass is 16.6. The molecule has 0 bridgehead atoms. The number of phenolic OH excluding ortho intramolecular Hbond substituents is 1. The van der Waals surface area contributed by atoms with E-state index in [0.717, 1.165) is 142 Å². The number of hydrogen-bond acceptors (Lipinski definition) is 32. The summed E-state index contributed by atoms with van der Waals surface area (Å²) in [6.45, 7) is 25.4. The number of ketones is 2. The number of aromatic hydroxyl groups is 1. The molecule has 2 aromatic rings. The van der Waals surface area contributed by atoms with Crippen molar-refractivity contribution in [1.82, 2.24) is 74.5 Å². The van der Waals surface area contributed by atoms with Crippen LogP contribution < -0.4 is 64.5 Å². The predicted octanol–water partition coefficient (Wildman–Crippen LogP) is 6.44. The summed E-state index contributed by atoms with van der Waals surface area (Å²) in [6, 6.07) is 8.00. The number of amides is 8. The van der Waals surface area contributed by atoms with Crippen molar-refractivity contribution >= 4 is 59.0 Å². The third-order valence-corrected chi connectivity index (χ3v) is 31.9. The molecule has 11 rings (SSSR count). The van der Waals surface area contributed by atoms with Crippen molar-refractivity contribution in [2.75, 3.05) is 239 Å². The minimum atomic E-state index is -1.32. The molecular weight excluding hydrogens is 1930 g/mol. The minimum absolute atomic E-state index is 0.000564. The number of quaternary nitrogens is 1. The smallest absolute Gasteiger partial charge is 0.407 e. The highest BCUT2D eigenvalue weighted by Gasteiger charge is 2.59. The van der Waals surface area contributed by atoms with Crippen LogP contribution in [0, 0.1) is 52.3 Å². The van der Waals surface area contributed by atoms with E-state index in [9.17, 15) is 58.2 Å². The lowest BCUT2D eigenvalue weighted by Crippen LogP contribution is -2.60. The number of benzene rings is 2. The fourth-order valence-corrected chi connectivity index (χ4v) is 23.3. The second kappa shape index (κ2) is 62.2. The predicted molar refractivity (Wildman–Crippen MR) is 561 cm³/mol. The number of nitrogens with zero attached hydrogens (tertiary/aromatic N) is 3. The number of imide groups is 1. The number of Topliss-reactive ketones (excluding diaryl/α,β-unsaturated/α-hetero) is 2. The van der Waals surface area contributed by atoms with Crippen LogP contribution in [0.5, 0.6) is 5.75 Å². The Labute approximate surface area is 887 Å². The Hall–Kier alpha value is -8.66. The molecule has 0 radical (unpaired) electrons. The first-order valence-electron chi connectivity index (χ1n) is 55.5. The number of alkyl carbamates (subject to hydrolysis) is 1. The summed E-state index contributed by atoms with van der Waals surface area (Å²) in [5, 5.41) is 48.7. The second-order valence-electron chi connectivity index (χ2n) is 44.1. The second-order valence-corrected chi connectivity index (χ2v) is 44.1. The van der Waals surface area contributed by atoms with E-state index < -0.39 is 88.2 Å². The molecule has 7 aliphatic carbocycles. The molecule has 150 heavy (non-hydrogen) atoms. The molecule has 8 amide bonds. The van der Waals surface area contributed by atoms with Gasteiger partial charge in [-0.2, -0.15) is 0 Å². The van der Waals surface area contributed by atoms with Gasteiger partial charge >= 0.3 is 6.09 Å². The van der Waals surface area contributed by atoms with Gasteiger partial charge in [0, 0.05) is 56.9 Å². The average molecular weight is 2110 g/mol. The standard InChI is InChI=1S/C110H179N15O25/c1-76(2)100(93(129)69-77(3)102(133)116-89(73-126)92(128)71-78-22-23-79-25-32-95-107(4,85(79)70-78)36-17-38-109(95,6)104(135)118-105(136)110(7)39-18-37-108(5)86-72-81(127)27-24-80(86)26-33-96(108)110)117-103(134)88(19-15-16-40-112-99(132)75-149-94-21-14-12-13-20-91-101(94)120-122-124(91)45-52-143-58-64-148-68-66-144-59-53-138-47-34-97(130)113-41-46-125(9,10)11)115-98(131)35-48-139-54-60-145-65-67-147-62-56-141-50-43-114-106(137)150-74-84-82-28-30-87-90(31-29-83(82)84)123(121-119-87)44-51-142-57-63-146-61-55-140-49-42-111-8/h22-24,27,70,72,76-77,82-84,88-89,94-96,100,111,119-122,126H,12-21,25-26,28-69,71,73-75H2,1-11H3,(H7-,112,113,114,115,116,117,118,127,130,131,132,133,134,135,136,137)/p+1/t77-,82+,83-,84+,88-,89+,94?,95-,96-,100+,107-,108-,109+,110+/m1/s1. The average Bonchev–Trinajstić information content (AvgIpc) is 1.70. The van der Waals surface area contributed by atoms with Crippen molar-refractivity contribution in [3.05, 3.63) is 87.0 Å². The maximum atomic E-state index is 15.0. The number of allylic oxidation sites excluding steroid dienone is 3. The lowest BCUT2D eigenvalue weighted by Gasteiger charge is -2.56. The molecule has 3 saturated carbocycles. The number of carbonyl (C=O) groups is 10. The van der Waals surface area contributed by atoms with Crippen LogP contribution in [0.2, 0.25) is 0 Å². The monoisotopic (exact) mass is 2110 g/mol. The number of carbonyl (C=O) groups excluding carboxylic acids is 10. The molecule has 2 aromatic carbocycles. The number of unbranched alkanes of at least 4 members (excludes halogenated alkanes) is 1. The van der Waals surface area contributed by atoms with E-state index in [1.165, 1.54) is 23.9 Å². The van der Waals surface area contributed by atoms with Gasteiger partial charge in [-0.1, -0.05) is 98.4 Å². The summed E-state index contributed by atoms with van der Waals surface area (Å²) in [7, 11) is 8.13. The van der Waals surface area contributed by atoms with Crippen LogP contribution in [0.1, 0.15) is 224 Å². The number of fused-ring (bicyclic) bond motifs is 7. The van der Waals surface area contributed by atoms with Gasteiger partial charge in [-0.15, -0.1) is 11.1 Å². The Bertz CT molecular complexity index is 4680. The summed E-state index contributed by atoms with van der Waals surface area (Å²) in [6.07, 6.45) is 15.6. The topological polar surface area (TPSA) is 482 Å². The first-order valence-corrected chi connectivity index (χ1v) is 55.5. The lowest BCUT2D eigenvalue weighted by atomic mass is 9.49. The van der Waals surface area contributed by atoms with E-state index in [0.29, 0.717) is 207 Å². The number of ether oxygens (including phenoxy) is 13. The van der Waals surface area contributed by atoms with Gasteiger partial charge in [0.1, 0.15) is 30.5 Å². The Morgan fingerprint density at radius 1 is 0.493 bits per heavy atom. The number of nitrogens with one attached hydrogen (secondary N) is 12. The van der Waals surface area contributed by atoms with Gasteiger partial charge in [0.25, 0.3) is 0 Å². The fraction of sp³-hybridized carbons (Fsp3) is 0.764. The van der Waals surface area contributed by atoms with Gasteiger partial charge in [0.15, 0.2) is 11.6 Å². The van der Waals surface area contributed by atoms with E-state index in [4.69, 9.17) is 61.6 Å². The Morgan fingerprint density at radius 2 is 1.03 bits per heavy atom. The molecule has 0 aromatic heterocycles. The van der Waals surface area contributed by atoms with Gasteiger partial charge in [0.05, 0.1) is 240 Å². The molecule has 14 N–H and O–H groups in total. The molecule has 14 atom stereocenters. The Kier molecular flexibility index (Phi) is 50.4. The van der Waals surface area contributed by atoms with Crippen molar-refractivity contribution in [2.45, 2.75) is 250 Å². The summed E-state index contributed by atoms with van der Waals surface area (Å²) >= 11 is 0. The van der Waals surface area contributed by atoms with E-state index in [-0.39, 0.29) is 131 Å². The number of aliphatic hydroxyl groups is 1.